The number of nitrogens with zero attached hydrogens (tertiary/aromatic N) is 1. The van der Waals surface area contributed by atoms with Gasteiger partial charge in [-0.25, -0.2) is 10.2 Å². The van der Waals surface area contributed by atoms with Crippen molar-refractivity contribution in [1.82, 2.24) is 5.43 Å². The zero-order chi connectivity index (χ0) is 25.7. The Hall–Kier alpha value is -3.10. The minimum Gasteiger partial charge on any atom is -0.479 e. The first-order valence-electron chi connectivity index (χ1n) is 10.8. The quantitative estimate of drug-likeness (QED) is 0.105. The lowest BCUT2D eigenvalue weighted by Gasteiger charge is -2.16. The third-order valence-electron chi connectivity index (χ3n) is 5.05. The molecule has 184 valence electrons. The molecule has 4 rings (SSSR count). The topological polar surface area (TPSA) is 77.0 Å². The van der Waals surface area contributed by atoms with Crippen LogP contribution in [0.5, 0.6) is 11.5 Å². The molecule has 0 aliphatic heterocycles. The fourth-order valence-electron chi connectivity index (χ4n) is 3.26. The van der Waals surface area contributed by atoms with E-state index in [4.69, 9.17) is 44.3 Å². The molecule has 0 saturated carbocycles. The number of carbonyl (C=O) groups is 2. The molecule has 1 aromatic heterocycles. The first kappa shape index (κ1) is 26.0. The number of amides is 1. The molecule has 1 atom stereocenters. The lowest BCUT2D eigenvalue weighted by molar-refractivity contribution is -0.128. The van der Waals surface area contributed by atoms with Gasteiger partial charge >= 0.3 is 5.97 Å². The Morgan fingerprint density at radius 1 is 1.03 bits per heavy atom. The number of benzene rings is 3. The number of hydrogen-bond donors (Lipinski definition) is 1. The summed E-state index contributed by atoms with van der Waals surface area (Å²) >= 11 is 19.7. The summed E-state index contributed by atoms with van der Waals surface area (Å²) in [7, 11) is 0. The maximum atomic E-state index is 12.8. The minimum atomic E-state index is -0.830. The van der Waals surface area contributed by atoms with E-state index in [9.17, 15) is 9.59 Å². The Balaban J connectivity index is 1.44. The summed E-state index contributed by atoms with van der Waals surface area (Å²) in [5.74, 6) is -0.439. The van der Waals surface area contributed by atoms with Crippen molar-refractivity contribution in [2.75, 3.05) is 0 Å². The molecule has 0 bridgehead atoms. The van der Waals surface area contributed by atoms with E-state index in [0.717, 1.165) is 10.1 Å². The van der Waals surface area contributed by atoms with Gasteiger partial charge in [0.25, 0.3) is 5.91 Å². The average molecular weight is 562 g/mol. The molecule has 6 nitrogen and oxygen atoms in total. The molecule has 1 heterocycles. The number of para-hydroxylation sites is 1. The van der Waals surface area contributed by atoms with Gasteiger partial charge in [0.05, 0.1) is 16.3 Å². The molecule has 1 unspecified atom stereocenters. The molecular formula is C26H19Cl3N2O4S. The summed E-state index contributed by atoms with van der Waals surface area (Å²) in [4.78, 5) is 25.7. The first-order chi connectivity index (χ1) is 17.4. The predicted molar refractivity (Wildman–Crippen MR) is 145 cm³/mol. The normalized spacial score (nSPS) is 12.0. The van der Waals surface area contributed by atoms with Gasteiger partial charge in [0.15, 0.2) is 6.10 Å². The summed E-state index contributed by atoms with van der Waals surface area (Å²) in [6.45, 7) is 1.80. The van der Waals surface area contributed by atoms with Gasteiger partial charge in [-0.3, -0.25) is 4.79 Å². The zero-order valence-corrected chi connectivity index (χ0v) is 21.9. The lowest BCUT2D eigenvalue weighted by Crippen LogP contribution is -2.35. The molecule has 1 amide bonds. The van der Waals surface area contributed by atoms with E-state index in [2.05, 4.69) is 10.5 Å². The predicted octanol–water partition coefficient (Wildman–Crippen LogP) is 7.39. The van der Waals surface area contributed by atoms with Crippen molar-refractivity contribution in [2.24, 2.45) is 5.10 Å². The smallest absolute Gasteiger partial charge is 0.355 e. The van der Waals surface area contributed by atoms with Crippen LogP contribution in [0.1, 0.15) is 28.6 Å². The summed E-state index contributed by atoms with van der Waals surface area (Å²) in [5.41, 5.74) is 2.93. The van der Waals surface area contributed by atoms with E-state index in [-0.39, 0.29) is 5.75 Å². The van der Waals surface area contributed by atoms with Gasteiger partial charge in [0, 0.05) is 20.7 Å². The third kappa shape index (κ3) is 5.99. The van der Waals surface area contributed by atoms with E-state index in [1.165, 1.54) is 23.6 Å². The maximum Gasteiger partial charge on any atom is 0.355 e. The number of carbonyl (C=O) groups excluding carboxylic acids is 2. The number of hydrazone groups is 1. The SMILES string of the molecule is CCC(Oc1ccc(Cl)cc1Cl)C(=O)N/N=C/c1ccccc1OC(=O)c1sc2ccccc2c1Cl. The molecule has 0 aliphatic carbocycles. The average Bonchev–Trinajstić information content (AvgIpc) is 3.21. The van der Waals surface area contributed by atoms with Crippen molar-refractivity contribution >= 4 is 74.3 Å². The standard InChI is InChI=1S/C26H19Cl3N2O4S/c1-2-19(34-21-12-11-16(27)13-18(21)28)25(32)31-30-14-15-7-3-5-9-20(15)35-26(33)24-23(29)17-8-4-6-10-22(17)36-24/h3-14,19H,2H2,1H3,(H,31,32)/b30-14+. The lowest BCUT2D eigenvalue weighted by atomic mass is 10.2. The Bertz CT molecular complexity index is 1450. The number of thiophene rings is 1. The summed E-state index contributed by atoms with van der Waals surface area (Å²) in [5, 5.41) is 5.91. The Morgan fingerprint density at radius 2 is 1.78 bits per heavy atom. The molecule has 0 saturated heterocycles. The molecule has 3 aromatic carbocycles. The van der Waals surface area contributed by atoms with Crippen LogP contribution in [-0.2, 0) is 4.79 Å². The molecule has 0 spiro atoms. The van der Waals surface area contributed by atoms with Gasteiger partial charge in [0.2, 0.25) is 0 Å². The Labute approximate surface area is 226 Å². The fourth-order valence-corrected chi connectivity index (χ4v) is 5.09. The highest BCUT2D eigenvalue weighted by Crippen LogP contribution is 2.36. The number of rotatable bonds is 8. The minimum absolute atomic E-state index is 0.269. The Morgan fingerprint density at radius 3 is 2.53 bits per heavy atom. The second-order valence-electron chi connectivity index (χ2n) is 7.49. The van der Waals surface area contributed by atoms with Crippen molar-refractivity contribution in [3.8, 4) is 11.5 Å². The van der Waals surface area contributed by atoms with Crippen molar-refractivity contribution in [2.45, 2.75) is 19.4 Å². The third-order valence-corrected chi connectivity index (χ3v) is 7.23. The van der Waals surface area contributed by atoms with Gasteiger partial charge in [-0.1, -0.05) is 72.1 Å². The molecule has 0 radical (unpaired) electrons. The van der Waals surface area contributed by atoms with Crippen LogP contribution in [0.25, 0.3) is 10.1 Å². The van der Waals surface area contributed by atoms with E-state index in [0.29, 0.717) is 37.7 Å². The van der Waals surface area contributed by atoms with E-state index >= 15 is 0 Å². The second-order valence-corrected chi connectivity index (χ2v) is 9.77. The van der Waals surface area contributed by atoms with Crippen molar-refractivity contribution in [3.63, 3.8) is 0 Å². The summed E-state index contributed by atoms with van der Waals surface area (Å²) < 4.78 is 12.2. The van der Waals surface area contributed by atoms with Crippen LogP contribution in [0.2, 0.25) is 15.1 Å². The fraction of sp³-hybridized carbons (Fsp3) is 0.115. The molecule has 0 aliphatic rings. The second kappa shape index (κ2) is 11.8. The van der Waals surface area contributed by atoms with Gasteiger partial charge in [-0.05, 0) is 42.8 Å². The number of halogens is 3. The molecule has 4 aromatic rings. The van der Waals surface area contributed by atoms with Crippen LogP contribution in [0.4, 0.5) is 0 Å². The number of esters is 1. The zero-order valence-electron chi connectivity index (χ0n) is 18.8. The summed E-state index contributed by atoms with van der Waals surface area (Å²) in [6, 6.07) is 19.0. The number of ether oxygens (including phenoxy) is 2. The molecule has 1 N–H and O–H groups in total. The largest absolute Gasteiger partial charge is 0.479 e. The molecule has 10 heteroatoms. The van der Waals surface area contributed by atoms with E-state index < -0.39 is 18.0 Å². The highest BCUT2D eigenvalue weighted by atomic mass is 35.5. The molecule has 36 heavy (non-hydrogen) atoms. The van der Waals surface area contributed by atoms with Crippen LogP contribution in [0.3, 0.4) is 0 Å². The molecular weight excluding hydrogens is 543 g/mol. The van der Waals surface area contributed by atoms with Gasteiger partial charge in [-0.15, -0.1) is 11.3 Å². The van der Waals surface area contributed by atoms with Crippen molar-refractivity contribution in [1.29, 1.82) is 0 Å². The van der Waals surface area contributed by atoms with Gasteiger partial charge < -0.3 is 9.47 Å². The number of hydrogen-bond acceptors (Lipinski definition) is 6. The van der Waals surface area contributed by atoms with Crippen molar-refractivity contribution < 1.29 is 19.1 Å². The monoisotopic (exact) mass is 560 g/mol. The highest BCUT2D eigenvalue weighted by molar-refractivity contribution is 7.21. The Kier molecular flexibility index (Phi) is 8.48. The number of nitrogens with one attached hydrogen (secondary N) is 1. The first-order valence-corrected chi connectivity index (χ1v) is 12.7. The van der Waals surface area contributed by atoms with Gasteiger partial charge in [0.1, 0.15) is 16.4 Å². The van der Waals surface area contributed by atoms with Crippen LogP contribution < -0.4 is 14.9 Å². The maximum absolute atomic E-state index is 12.8. The van der Waals surface area contributed by atoms with Crippen LogP contribution >= 0.6 is 46.1 Å². The van der Waals surface area contributed by atoms with Crippen LogP contribution in [-0.4, -0.2) is 24.2 Å². The van der Waals surface area contributed by atoms with Crippen LogP contribution in [0, 0.1) is 0 Å². The molecule has 0 fully saturated rings. The van der Waals surface area contributed by atoms with E-state index in [1.807, 2.05) is 24.3 Å². The number of fused-ring (bicyclic) bond motifs is 1. The van der Waals surface area contributed by atoms with Crippen LogP contribution in [0.15, 0.2) is 71.8 Å². The summed E-state index contributed by atoms with van der Waals surface area (Å²) in [6.07, 6.45) is 0.934. The van der Waals surface area contributed by atoms with Crippen molar-refractivity contribution in [3.05, 3.63) is 92.2 Å². The van der Waals surface area contributed by atoms with Gasteiger partial charge in [-0.2, -0.15) is 5.10 Å². The highest BCUT2D eigenvalue weighted by Gasteiger charge is 2.21. The van der Waals surface area contributed by atoms with E-state index in [1.54, 1.807) is 43.3 Å².